The maximum absolute atomic E-state index is 12.9. The Morgan fingerprint density at radius 1 is 1.14 bits per heavy atom. The molecule has 0 saturated heterocycles. The van der Waals surface area contributed by atoms with Gasteiger partial charge in [-0.3, -0.25) is 4.79 Å². The lowest BCUT2D eigenvalue weighted by Gasteiger charge is -2.08. The highest BCUT2D eigenvalue weighted by molar-refractivity contribution is 5.55. The molecular weight excluding hydrogens is 282 g/mol. The van der Waals surface area contributed by atoms with Crippen molar-refractivity contribution in [3.63, 3.8) is 0 Å². The van der Waals surface area contributed by atoms with Crippen LogP contribution in [0.1, 0.15) is 0 Å². The summed E-state index contributed by atoms with van der Waals surface area (Å²) >= 11 is 0. The fraction of sp³-hybridized carbons (Fsp3) is 0.214. The minimum Gasteiger partial charge on any atom is -0.395 e. The molecule has 0 bridgehead atoms. The molecule has 1 aromatic heterocycles. The second kappa shape index (κ2) is 5.08. The summed E-state index contributed by atoms with van der Waals surface area (Å²) < 4.78 is 36.0. The van der Waals surface area contributed by atoms with Gasteiger partial charge in [-0.15, -0.1) is 8.78 Å². The number of halogens is 2. The molecule has 0 amide bonds. The van der Waals surface area contributed by atoms with Crippen molar-refractivity contribution in [2.24, 2.45) is 0 Å². The molecule has 1 aliphatic rings. The van der Waals surface area contributed by atoms with E-state index < -0.39 is 6.29 Å². The van der Waals surface area contributed by atoms with Crippen molar-refractivity contribution in [2.75, 3.05) is 11.9 Å². The van der Waals surface area contributed by atoms with Crippen LogP contribution in [0.25, 0.3) is 0 Å². The maximum atomic E-state index is 12.9. The Morgan fingerprint density at radius 2 is 1.95 bits per heavy atom. The standard InChI is InChI=1S/C14H12F2N2O3/c15-14(16)20-11-5-4-10(9-12(11)21-14)17-6-8-18-7-2-1-3-13(18)19/h1-5,7,9,17H,6,8H2. The Hall–Kier alpha value is -2.57. The highest BCUT2D eigenvalue weighted by atomic mass is 19.3. The Morgan fingerprint density at radius 3 is 2.76 bits per heavy atom. The van der Waals surface area contributed by atoms with E-state index in [0.29, 0.717) is 18.8 Å². The second-order valence-electron chi connectivity index (χ2n) is 4.49. The summed E-state index contributed by atoms with van der Waals surface area (Å²) in [7, 11) is 0. The number of hydrogen-bond acceptors (Lipinski definition) is 4. The first kappa shape index (κ1) is 13.4. The van der Waals surface area contributed by atoms with Gasteiger partial charge >= 0.3 is 6.29 Å². The molecule has 0 unspecified atom stereocenters. The van der Waals surface area contributed by atoms with Crippen molar-refractivity contribution >= 4 is 5.69 Å². The summed E-state index contributed by atoms with van der Waals surface area (Å²) in [6.45, 7) is 0.935. The smallest absolute Gasteiger partial charge is 0.395 e. The number of alkyl halides is 2. The lowest BCUT2D eigenvalue weighted by atomic mass is 10.3. The number of aromatic nitrogens is 1. The van der Waals surface area contributed by atoms with E-state index in [0.717, 1.165) is 0 Å². The van der Waals surface area contributed by atoms with Crippen LogP contribution in [0.5, 0.6) is 11.5 Å². The highest BCUT2D eigenvalue weighted by Crippen LogP contribution is 2.42. The zero-order valence-corrected chi connectivity index (χ0v) is 10.9. The summed E-state index contributed by atoms with van der Waals surface area (Å²) in [4.78, 5) is 11.5. The Balaban J connectivity index is 1.63. The molecular formula is C14H12F2N2O3. The zero-order valence-electron chi connectivity index (χ0n) is 10.9. The summed E-state index contributed by atoms with van der Waals surface area (Å²) in [5.74, 6) is -0.00768. The monoisotopic (exact) mass is 294 g/mol. The summed E-state index contributed by atoms with van der Waals surface area (Å²) in [5.41, 5.74) is 0.517. The predicted molar refractivity (Wildman–Crippen MR) is 71.8 cm³/mol. The molecule has 0 spiro atoms. The van der Waals surface area contributed by atoms with Crippen LogP contribution in [0.3, 0.4) is 0 Å². The average Bonchev–Trinajstić information content (AvgIpc) is 2.74. The first-order valence-corrected chi connectivity index (χ1v) is 6.33. The van der Waals surface area contributed by atoms with E-state index in [9.17, 15) is 13.6 Å². The molecule has 0 atom stereocenters. The summed E-state index contributed by atoms with van der Waals surface area (Å²) in [5, 5.41) is 3.04. The normalized spacial score (nSPS) is 15.0. The fourth-order valence-electron chi connectivity index (χ4n) is 2.03. The maximum Gasteiger partial charge on any atom is 0.586 e. The molecule has 0 aliphatic carbocycles. The number of hydrogen-bond donors (Lipinski definition) is 1. The van der Waals surface area contributed by atoms with Crippen molar-refractivity contribution in [1.29, 1.82) is 0 Å². The number of rotatable bonds is 4. The number of nitrogens with zero attached hydrogens (tertiary/aromatic N) is 1. The van der Waals surface area contributed by atoms with Gasteiger partial charge in [0.15, 0.2) is 11.5 Å². The third kappa shape index (κ3) is 2.96. The van der Waals surface area contributed by atoms with Crippen molar-refractivity contribution in [2.45, 2.75) is 12.8 Å². The Bertz CT molecular complexity index is 715. The molecule has 110 valence electrons. The minimum atomic E-state index is -3.61. The van der Waals surface area contributed by atoms with E-state index in [1.807, 2.05) is 0 Å². The van der Waals surface area contributed by atoms with Crippen molar-refractivity contribution in [3.8, 4) is 11.5 Å². The van der Waals surface area contributed by atoms with E-state index in [1.54, 1.807) is 29.0 Å². The number of fused-ring (bicyclic) bond motifs is 1. The Kier molecular flexibility index (Phi) is 3.25. The summed E-state index contributed by atoms with van der Waals surface area (Å²) in [6.07, 6.45) is -1.93. The van der Waals surface area contributed by atoms with Gasteiger partial charge in [0.05, 0.1) is 0 Å². The number of pyridine rings is 1. The van der Waals surface area contributed by atoms with Gasteiger partial charge in [-0.25, -0.2) is 0 Å². The van der Waals surface area contributed by atoms with E-state index in [4.69, 9.17) is 0 Å². The van der Waals surface area contributed by atoms with Crippen LogP contribution in [0, 0.1) is 0 Å². The van der Waals surface area contributed by atoms with Crippen LogP contribution in [0.15, 0.2) is 47.4 Å². The molecule has 7 heteroatoms. The third-order valence-electron chi connectivity index (χ3n) is 2.98. The molecule has 1 aromatic carbocycles. The quantitative estimate of drug-likeness (QED) is 0.940. The predicted octanol–water partition coefficient (Wildman–Crippen LogP) is 2.28. The van der Waals surface area contributed by atoms with Crippen LogP contribution in [-0.2, 0) is 6.54 Å². The molecule has 0 radical (unpaired) electrons. The first-order valence-electron chi connectivity index (χ1n) is 6.33. The Labute approximate surface area is 118 Å². The molecule has 0 fully saturated rings. The number of anilines is 1. The third-order valence-corrected chi connectivity index (χ3v) is 2.98. The lowest BCUT2D eigenvalue weighted by molar-refractivity contribution is -0.286. The largest absolute Gasteiger partial charge is 0.586 e. The van der Waals surface area contributed by atoms with Gasteiger partial charge in [-0.1, -0.05) is 6.07 Å². The lowest BCUT2D eigenvalue weighted by Crippen LogP contribution is -2.25. The van der Waals surface area contributed by atoms with E-state index >= 15 is 0 Å². The molecule has 1 aliphatic heterocycles. The van der Waals surface area contributed by atoms with Gasteiger partial charge in [0, 0.05) is 37.1 Å². The van der Waals surface area contributed by atoms with E-state index in [1.165, 1.54) is 18.2 Å². The van der Waals surface area contributed by atoms with Gasteiger partial charge < -0.3 is 19.4 Å². The van der Waals surface area contributed by atoms with Gasteiger partial charge in [0.2, 0.25) is 0 Å². The van der Waals surface area contributed by atoms with Crippen LogP contribution in [-0.4, -0.2) is 17.4 Å². The number of benzene rings is 1. The zero-order chi connectivity index (χ0) is 14.9. The van der Waals surface area contributed by atoms with Crippen LogP contribution in [0.4, 0.5) is 14.5 Å². The van der Waals surface area contributed by atoms with Gasteiger partial charge in [0.25, 0.3) is 5.56 Å². The van der Waals surface area contributed by atoms with E-state index in [-0.39, 0.29) is 17.1 Å². The SMILES string of the molecule is O=c1ccccn1CCNc1ccc2c(c1)OC(F)(F)O2. The molecule has 2 heterocycles. The van der Waals surface area contributed by atoms with Crippen molar-refractivity contribution < 1.29 is 18.3 Å². The molecule has 5 nitrogen and oxygen atoms in total. The fourth-order valence-corrected chi connectivity index (χ4v) is 2.03. The van der Waals surface area contributed by atoms with Crippen molar-refractivity contribution in [1.82, 2.24) is 4.57 Å². The van der Waals surface area contributed by atoms with Crippen molar-refractivity contribution in [3.05, 3.63) is 52.9 Å². The van der Waals surface area contributed by atoms with Crippen LogP contribution in [0.2, 0.25) is 0 Å². The molecule has 21 heavy (non-hydrogen) atoms. The molecule has 2 aromatic rings. The minimum absolute atomic E-state index is 0.00447. The van der Waals surface area contributed by atoms with E-state index in [2.05, 4.69) is 14.8 Å². The first-order chi connectivity index (χ1) is 10.0. The second-order valence-corrected chi connectivity index (χ2v) is 4.49. The highest BCUT2D eigenvalue weighted by Gasteiger charge is 2.43. The molecule has 3 rings (SSSR count). The van der Waals surface area contributed by atoms with Gasteiger partial charge in [0.1, 0.15) is 0 Å². The summed E-state index contributed by atoms with van der Waals surface area (Å²) in [6, 6.07) is 9.37. The van der Waals surface area contributed by atoms with Gasteiger partial charge in [-0.05, 0) is 18.2 Å². The number of nitrogens with one attached hydrogen (secondary N) is 1. The molecule has 0 saturated carbocycles. The number of ether oxygens (including phenoxy) is 2. The molecule has 1 N–H and O–H groups in total. The average molecular weight is 294 g/mol. The topological polar surface area (TPSA) is 52.5 Å². The van der Waals surface area contributed by atoms with Crippen LogP contribution < -0.4 is 20.3 Å². The van der Waals surface area contributed by atoms with Gasteiger partial charge in [-0.2, -0.15) is 0 Å². The van der Waals surface area contributed by atoms with Crippen LogP contribution >= 0.6 is 0 Å².